The summed E-state index contributed by atoms with van der Waals surface area (Å²) in [5.41, 5.74) is 3.35. The highest BCUT2D eigenvalue weighted by atomic mass is 32.2. The van der Waals surface area contributed by atoms with Crippen molar-refractivity contribution in [2.24, 2.45) is 0 Å². The third-order valence-corrected chi connectivity index (χ3v) is 7.58. The van der Waals surface area contributed by atoms with Crippen LogP contribution in [-0.4, -0.2) is 51.5 Å². The molecule has 1 saturated heterocycles. The lowest BCUT2D eigenvalue weighted by atomic mass is 10.0. The molecule has 0 atom stereocenters. The predicted molar refractivity (Wildman–Crippen MR) is 133 cm³/mol. The highest BCUT2D eigenvalue weighted by Gasteiger charge is 2.26. The topological polar surface area (TPSA) is 75.7 Å². The van der Waals surface area contributed by atoms with Gasteiger partial charge in [0.1, 0.15) is 0 Å². The van der Waals surface area contributed by atoms with Crippen LogP contribution in [0.25, 0.3) is 11.6 Å². The summed E-state index contributed by atoms with van der Waals surface area (Å²) >= 11 is 0. The summed E-state index contributed by atoms with van der Waals surface area (Å²) in [7, 11) is -3.51. The molecule has 1 fully saturated rings. The lowest BCUT2D eigenvalue weighted by Gasteiger charge is -2.26. The van der Waals surface area contributed by atoms with Gasteiger partial charge in [-0.3, -0.25) is 4.79 Å². The van der Waals surface area contributed by atoms with Crippen molar-refractivity contribution in [3.8, 4) is 0 Å². The molecule has 6 nitrogen and oxygen atoms in total. The second-order valence-corrected chi connectivity index (χ2v) is 9.94. The predicted octanol–water partition coefficient (Wildman–Crippen LogP) is 3.61. The minimum absolute atomic E-state index is 0.151. The number of benzene rings is 3. The third kappa shape index (κ3) is 5.99. The number of carbonyl (C=O) groups is 1. The Morgan fingerprint density at radius 3 is 2.15 bits per heavy atom. The molecule has 1 aliphatic heterocycles. The maximum absolute atomic E-state index is 13.0. The van der Waals surface area contributed by atoms with E-state index in [4.69, 9.17) is 4.74 Å². The van der Waals surface area contributed by atoms with E-state index in [1.165, 1.54) is 4.31 Å². The Morgan fingerprint density at radius 2 is 1.50 bits per heavy atom. The highest BCUT2D eigenvalue weighted by Crippen LogP contribution is 2.20. The van der Waals surface area contributed by atoms with E-state index in [2.05, 4.69) is 5.32 Å². The zero-order valence-electron chi connectivity index (χ0n) is 18.9. The van der Waals surface area contributed by atoms with E-state index in [1.54, 1.807) is 24.3 Å². The summed E-state index contributed by atoms with van der Waals surface area (Å²) in [6, 6.07) is 26.2. The van der Waals surface area contributed by atoms with E-state index in [9.17, 15) is 13.2 Å². The maximum atomic E-state index is 13.0. The lowest BCUT2D eigenvalue weighted by Crippen LogP contribution is -2.40. The molecule has 176 valence electrons. The molecule has 4 rings (SSSR count). The highest BCUT2D eigenvalue weighted by molar-refractivity contribution is 7.89. The number of amides is 1. The fourth-order valence-electron chi connectivity index (χ4n) is 3.79. The van der Waals surface area contributed by atoms with Crippen LogP contribution in [0.1, 0.15) is 16.7 Å². The van der Waals surface area contributed by atoms with Gasteiger partial charge in [-0.25, -0.2) is 8.42 Å². The van der Waals surface area contributed by atoms with Crippen LogP contribution < -0.4 is 5.32 Å². The first-order valence-corrected chi connectivity index (χ1v) is 12.8. The van der Waals surface area contributed by atoms with E-state index in [0.29, 0.717) is 44.8 Å². The molecule has 0 radical (unpaired) electrons. The van der Waals surface area contributed by atoms with Crippen LogP contribution in [0.4, 0.5) is 0 Å². The Labute approximate surface area is 200 Å². The molecule has 0 saturated carbocycles. The number of carbonyl (C=O) groups excluding carboxylic acids is 1. The quantitative estimate of drug-likeness (QED) is 0.398. The molecule has 7 heteroatoms. The number of hydrogen-bond acceptors (Lipinski definition) is 4. The second-order valence-electron chi connectivity index (χ2n) is 8.00. The molecule has 0 unspecified atom stereocenters. The Bertz CT molecular complexity index is 1220. The van der Waals surface area contributed by atoms with Crippen LogP contribution in [0.5, 0.6) is 0 Å². The number of sulfonamides is 1. The van der Waals surface area contributed by atoms with Gasteiger partial charge in [0.25, 0.3) is 5.91 Å². The van der Waals surface area contributed by atoms with Crippen molar-refractivity contribution in [3.05, 3.63) is 102 Å². The van der Waals surface area contributed by atoms with Gasteiger partial charge in [-0.15, -0.1) is 0 Å². The first-order chi connectivity index (χ1) is 16.5. The number of nitrogens with one attached hydrogen (secondary N) is 1. The van der Waals surface area contributed by atoms with Gasteiger partial charge in [-0.2, -0.15) is 4.31 Å². The van der Waals surface area contributed by atoms with Gasteiger partial charge < -0.3 is 10.1 Å². The molecule has 1 amide bonds. The smallest absolute Gasteiger partial charge is 0.251 e. The standard InChI is InChI=1S/C27H28N2O4S/c30-27(26(24-9-5-2-6-10-24)21-23-7-3-1-4-8-23)28-16-15-22-11-13-25(14-12-22)34(31,32)29-17-19-33-20-18-29/h1-14,21H,15-20H2,(H,28,30)/b26-21-. The average Bonchev–Trinajstić information content (AvgIpc) is 2.89. The molecule has 1 heterocycles. The van der Waals surface area contributed by atoms with Crippen LogP contribution in [-0.2, 0) is 26.0 Å². The minimum Gasteiger partial charge on any atom is -0.379 e. The molecular weight excluding hydrogens is 448 g/mol. The second kappa shape index (κ2) is 11.2. The van der Waals surface area contributed by atoms with Crippen molar-refractivity contribution in [3.63, 3.8) is 0 Å². The van der Waals surface area contributed by atoms with Gasteiger partial charge in [0.15, 0.2) is 0 Å². The third-order valence-electron chi connectivity index (χ3n) is 5.67. The van der Waals surface area contributed by atoms with E-state index < -0.39 is 10.0 Å². The fourth-order valence-corrected chi connectivity index (χ4v) is 5.20. The molecule has 0 spiro atoms. The van der Waals surface area contributed by atoms with Gasteiger partial charge >= 0.3 is 0 Å². The van der Waals surface area contributed by atoms with E-state index >= 15 is 0 Å². The van der Waals surface area contributed by atoms with Gasteiger partial charge in [0.05, 0.1) is 18.1 Å². The summed E-state index contributed by atoms with van der Waals surface area (Å²) in [4.78, 5) is 13.3. The van der Waals surface area contributed by atoms with Crippen molar-refractivity contribution < 1.29 is 17.9 Å². The maximum Gasteiger partial charge on any atom is 0.251 e. The van der Waals surface area contributed by atoms with Gasteiger partial charge in [0, 0.05) is 25.2 Å². The summed E-state index contributed by atoms with van der Waals surface area (Å²) in [6.07, 6.45) is 2.48. The molecule has 3 aromatic rings. The number of hydrogen-bond donors (Lipinski definition) is 1. The van der Waals surface area contributed by atoms with Crippen molar-refractivity contribution in [1.82, 2.24) is 9.62 Å². The molecule has 0 bridgehead atoms. The van der Waals surface area contributed by atoms with Gasteiger partial charge in [-0.1, -0.05) is 72.8 Å². The van der Waals surface area contributed by atoms with Crippen LogP contribution >= 0.6 is 0 Å². The lowest BCUT2D eigenvalue weighted by molar-refractivity contribution is -0.115. The first kappa shape index (κ1) is 23.9. The Kier molecular flexibility index (Phi) is 7.90. The van der Waals surface area contributed by atoms with Crippen molar-refractivity contribution in [2.45, 2.75) is 11.3 Å². The summed E-state index contributed by atoms with van der Waals surface area (Å²) in [6.45, 7) is 2.02. The molecule has 0 aliphatic carbocycles. The summed E-state index contributed by atoms with van der Waals surface area (Å²) in [5, 5.41) is 3.00. The zero-order valence-corrected chi connectivity index (χ0v) is 19.7. The summed E-state index contributed by atoms with van der Waals surface area (Å²) in [5.74, 6) is -0.151. The van der Waals surface area contributed by atoms with E-state index in [-0.39, 0.29) is 10.8 Å². The number of nitrogens with zero attached hydrogens (tertiary/aromatic N) is 1. The normalized spacial score (nSPS) is 15.1. The molecule has 1 N–H and O–H groups in total. The van der Waals surface area contributed by atoms with Crippen LogP contribution in [0.3, 0.4) is 0 Å². The Balaban J connectivity index is 1.40. The van der Waals surface area contributed by atoms with Crippen molar-refractivity contribution in [1.29, 1.82) is 0 Å². The molecule has 34 heavy (non-hydrogen) atoms. The van der Waals surface area contributed by atoms with Crippen LogP contribution in [0, 0.1) is 0 Å². The van der Waals surface area contributed by atoms with E-state index in [0.717, 1.165) is 16.7 Å². The van der Waals surface area contributed by atoms with Crippen LogP contribution in [0.2, 0.25) is 0 Å². The minimum atomic E-state index is -3.51. The Hall–Kier alpha value is -3.26. The van der Waals surface area contributed by atoms with Crippen LogP contribution in [0.15, 0.2) is 89.8 Å². The molecule has 3 aromatic carbocycles. The fraction of sp³-hybridized carbons (Fsp3) is 0.222. The monoisotopic (exact) mass is 476 g/mol. The number of rotatable bonds is 8. The van der Waals surface area contributed by atoms with E-state index in [1.807, 2.05) is 66.7 Å². The largest absolute Gasteiger partial charge is 0.379 e. The average molecular weight is 477 g/mol. The number of ether oxygens (including phenoxy) is 1. The SMILES string of the molecule is O=C(NCCc1ccc(S(=O)(=O)N2CCOCC2)cc1)/C(=C\c1ccccc1)c1ccccc1. The van der Waals surface area contributed by atoms with Gasteiger partial charge in [-0.05, 0) is 41.3 Å². The van der Waals surface area contributed by atoms with Crippen molar-refractivity contribution in [2.75, 3.05) is 32.8 Å². The Morgan fingerprint density at radius 1 is 0.882 bits per heavy atom. The molecule has 1 aliphatic rings. The first-order valence-electron chi connectivity index (χ1n) is 11.3. The van der Waals surface area contributed by atoms with Crippen molar-refractivity contribution >= 4 is 27.6 Å². The number of morpholine rings is 1. The zero-order chi connectivity index (χ0) is 23.8. The summed E-state index contributed by atoms with van der Waals surface area (Å²) < 4.78 is 32.2. The molecular formula is C27H28N2O4S. The molecule has 0 aromatic heterocycles. The van der Waals surface area contributed by atoms with Gasteiger partial charge in [0.2, 0.25) is 10.0 Å².